The van der Waals surface area contributed by atoms with E-state index < -0.39 is 21.8 Å². The number of fused-ring (bicyclic) bond motifs is 1. The number of rotatable bonds is 8. The molecule has 216 valence electrons. The first kappa shape index (κ1) is 29.3. The van der Waals surface area contributed by atoms with Crippen molar-refractivity contribution in [2.45, 2.75) is 17.6 Å². The average Bonchev–Trinajstić information content (AvgIpc) is 2.97. The summed E-state index contributed by atoms with van der Waals surface area (Å²) in [6.07, 6.45) is -3.55. The summed E-state index contributed by atoms with van der Waals surface area (Å²) in [5.41, 5.74) is 0.153. The monoisotopic (exact) mass is 613 g/mol. The van der Waals surface area contributed by atoms with Crippen molar-refractivity contribution >= 4 is 32.5 Å². The van der Waals surface area contributed by atoms with E-state index in [0.29, 0.717) is 11.3 Å². The van der Waals surface area contributed by atoms with E-state index in [-0.39, 0.29) is 44.6 Å². The van der Waals surface area contributed by atoms with Crippen molar-refractivity contribution in [2.24, 2.45) is 0 Å². The smallest absolute Gasteiger partial charge is 0.418 e. The van der Waals surface area contributed by atoms with E-state index in [1.165, 1.54) is 47.8 Å². The lowest BCUT2D eigenvalue weighted by atomic mass is 10.0. The van der Waals surface area contributed by atoms with E-state index >= 15 is 0 Å². The average molecular weight is 614 g/mol. The Labute approximate surface area is 245 Å². The van der Waals surface area contributed by atoms with Gasteiger partial charge < -0.3 is 9.47 Å². The predicted octanol–water partition coefficient (Wildman–Crippen LogP) is 7.59. The number of nitrogens with zero attached hydrogens (tertiary/aromatic N) is 3. The third kappa shape index (κ3) is 6.03. The van der Waals surface area contributed by atoms with E-state index in [9.17, 15) is 21.6 Å². The second kappa shape index (κ2) is 11.6. The summed E-state index contributed by atoms with van der Waals surface area (Å²) in [6, 6.07) is 21.4. The predicted molar refractivity (Wildman–Crippen MR) is 153 cm³/mol. The molecule has 0 N–H and O–H groups in total. The molecule has 12 heteroatoms. The van der Waals surface area contributed by atoms with Gasteiger partial charge in [-0.2, -0.15) is 17.5 Å². The highest BCUT2D eigenvalue weighted by Gasteiger charge is 2.33. The molecule has 0 spiro atoms. The van der Waals surface area contributed by atoms with Crippen LogP contribution in [0.3, 0.4) is 0 Å². The van der Waals surface area contributed by atoms with E-state index in [4.69, 9.17) is 21.1 Å². The zero-order chi connectivity index (χ0) is 30.1. The van der Waals surface area contributed by atoms with Gasteiger partial charge in [-0.15, -0.1) is 0 Å². The largest absolute Gasteiger partial charge is 0.497 e. The van der Waals surface area contributed by atoms with Crippen LogP contribution in [0.4, 0.5) is 13.2 Å². The highest BCUT2D eigenvalue weighted by atomic mass is 35.5. The van der Waals surface area contributed by atoms with E-state index in [1.807, 2.05) is 0 Å². The maximum absolute atomic E-state index is 13.6. The zero-order valence-corrected chi connectivity index (χ0v) is 23.8. The van der Waals surface area contributed by atoms with Gasteiger partial charge in [0, 0.05) is 30.6 Å². The molecule has 1 aromatic heterocycles. The van der Waals surface area contributed by atoms with Crippen LogP contribution in [0.25, 0.3) is 22.2 Å². The Kier molecular flexibility index (Phi) is 8.09. The van der Waals surface area contributed by atoms with Crippen molar-refractivity contribution in [1.82, 2.24) is 14.3 Å². The van der Waals surface area contributed by atoms with Gasteiger partial charge in [-0.25, -0.2) is 18.4 Å². The summed E-state index contributed by atoms with van der Waals surface area (Å²) >= 11 is 6.44. The molecule has 0 atom stereocenters. The molecule has 42 heavy (non-hydrogen) atoms. The van der Waals surface area contributed by atoms with Gasteiger partial charge in [0.15, 0.2) is 0 Å². The number of halogens is 4. The molecule has 0 saturated heterocycles. The Morgan fingerprint density at radius 3 is 2.29 bits per heavy atom. The summed E-state index contributed by atoms with van der Waals surface area (Å²) < 4.78 is 79.7. The topological polar surface area (TPSA) is 81.6 Å². The van der Waals surface area contributed by atoms with Crippen LogP contribution in [0.15, 0.2) is 96.2 Å². The maximum atomic E-state index is 13.6. The third-order valence-corrected chi connectivity index (χ3v) is 8.61. The fourth-order valence-corrected chi connectivity index (χ4v) is 5.77. The number of alkyl halides is 3. The summed E-state index contributed by atoms with van der Waals surface area (Å²) in [7, 11) is -0.841. The molecule has 0 bridgehead atoms. The summed E-state index contributed by atoms with van der Waals surface area (Å²) in [4.78, 5) is 8.09. The number of sulfonamides is 1. The lowest BCUT2D eigenvalue weighted by molar-refractivity contribution is -0.136. The lowest BCUT2D eigenvalue weighted by Gasteiger charge is -2.18. The number of para-hydroxylation sites is 1. The second-order valence-electron chi connectivity index (χ2n) is 9.25. The number of hydrogen-bond acceptors (Lipinski definition) is 6. The molecular formula is C30H23ClF3N3O4S. The molecule has 5 rings (SSSR count). The third-order valence-electron chi connectivity index (χ3n) is 6.48. The first-order valence-corrected chi connectivity index (χ1v) is 14.3. The molecule has 0 unspecified atom stereocenters. The number of methoxy groups -OCH3 is 1. The highest BCUT2D eigenvalue weighted by molar-refractivity contribution is 7.89. The van der Waals surface area contributed by atoms with Crippen LogP contribution in [0.5, 0.6) is 17.2 Å². The molecule has 7 nitrogen and oxygen atoms in total. The molecule has 1 heterocycles. The van der Waals surface area contributed by atoms with E-state index in [2.05, 4.69) is 9.97 Å². The van der Waals surface area contributed by atoms with Gasteiger partial charge >= 0.3 is 6.18 Å². The van der Waals surface area contributed by atoms with Gasteiger partial charge in [-0.05, 0) is 54.1 Å². The number of benzene rings is 4. The first-order valence-electron chi connectivity index (χ1n) is 12.5. The van der Waals surface area contributed by atoms with E-state index in [1.54, 1.807) is 49.6 Å². The molecule has 0 amide bonds. The van der Waals surface area contributed by atoms with Crippen molar-refractivity contribution in [2.75, 3.05) is 14.2 Å². The van der Waals surface area contributed by atoms with Gasteiger partial charge in [0.1, 0.15) is 23.6 Å². The minimum Gasteiger partial charge on any atom is -0.497 e. The van der Waals surface area contributed by atoms with Crippen LogP contribution in [0, 0.1) is 0 Å². The molecule has 0 aliphatic rings. The number of aromatic nitrogens is 2. The second-order valence-corrected chi connectivity index (χ2v) is 11.7. The van der Waals surface area contributed by atoms with E-state index in [0.717, 1.165) is 18.0 Å². The fourth-order valence-electron chi connectivity index (χ4n) is 4.37. The van der Waals surface area contributed by atoms with Gasteiger partial charge in [-0.3, -0.25) is 0 Å². The Morgan fingerprint density at radius 2 is 1.57 bits per heavy atom. The molecule has 0 saturated carbocycles. The molecule has 0 radical (unpaired) electrons. The van der Waals surface area contributed by atoms with Gasteiger partial charge in [-0.1, -0.05) is 41.9 Å². The van der Waals surface area contributed by atoms with Crippen LogP contribution in [-0.2, 0) is 22.7 Å². The van der Waals surface area contributed by atoms with Crippen molar-refractivity contribution in [3.8, 4) is 28.5 Å². The molecular weight excluding hydrogens is 591 g/mol. The fraction of sp³-hybridized carbons (Fsp3) is 0.133. The Hall–Kier alpha value is -4.19. The normalized spacial score (nSPS) is 12.1. The summed E-state index contributed by atoms with van der Waals surface area (Å²) in [5.74, 6) is 1.17. The van der Waals surface area contributed by atoms with Gasteiger partial charge in [0.25, 0.3) is 0 Å². The Bertz CT molecular complexity index is 1870. The van der Waals surface area contributed by atoms with Crippen molar-refractivity contribution in [3.63, 3.8) is 0 Å². The SMILES string of the molecule is COc1ccc(CN(C)S(=O)(=O)c2cccc(Oc3ccc(Cl)c(-c4ncnc5c(C(F)(F)F)cccc45)c3)c2)cc1. The van der Waals surface area contributed by atoms with Crippen molar-refractivity contribution in [3.05, 3.63) is 107 Å². The van der Waals surface area contributed by atoms with Gasteiger partial charge in [0.05, 0.1) is 33.8 Å². The first-order chi connectivity index (χ1) is 20.0. The minimum atomic E-state index is -4.60. The molecule has 5 aromatic rings. The Morgan fingerprint density at radius 1 is 0.881 bits per heavy atom. The molecule has 0 aliphatic heterocycles. The maximum Gasteiger partial charge on any atom is 0.418 e. The van der Waals surface area contributed by atoms with Crippen LogP contribution < -0.4 is 9.47 Å². The number of hydrogen-bond donors (Lipinski definition) is 0. The minimum absolute atomic E-state index is 0.0201. The molecule has 0 fully saturated rings. The van der Waals surface area contributed by atoms with Crippen LogP contribution >= 0.6 is 11.6 Å². The van der Waals surface area contributed by atoms with Crippen molar-refractivity contribution in [1.29, 1.82) is 0 Å². The van der Waals surface area contributed by atoms with Crippen LogP contribution in [-0.4, -0.2) is 36.8 Å². The standard InChI is InChI=1S/C30H23ClF3N3O4S/c1-37(17-19-9-11-20(40-2)12-10-19)42(38,39)23-6-3-5-21(15-23)41-22-13-14-27(31)25(16-22)28-24-7-4-8-26(30(32,33)34)29(24)36-18-35-28/h3-16,18H,17H2,1-2H3. The molecule has 4 aromatic carbocycles. The highest BCUT2D eigenvalue weighted by Crippen LogP contribution is 2.39. The van der Waals surface area contributed by atoms with Crippen LogP contribution in [0.1, 0.15) is 11.1 Å². The Balaban J connectivity index is 1.43. The molecule has 0 aliphatic carbocycles. The number of ether oxygens (including phenoxy) is 2. The quantitative estimate of drug-likeness (QED) is 0.179. The summed E-state index contributed by atoms with van der Waals surface area (Å²) in [5, 5.41) is 0.399. The summed E-state index contributed by atoms with van der Waals surface area (Å²) in [6.45, 7) is 0.140. The lowest BCUT2D eigenvalue weighted by Crippen LogP contribution is -2.26. The van der Waals surface area contributed by atoms with Crippen LogP contribution in [0.2, 0.25) is 5.02 Å². The van der Waals surface area contributed by atoms with Crippen molar-refractivity contribution < 1.29 is 31.1 Å². The zero-order valence-electron chi connectivity index (χ0n) is 22.3. The van der Waals surface area contributed by atoms with Gasteiger partial charge in [0.2, 0.25) is 10.0 Å².